The molecule has 0 aliphatic heterocycles. The van der Waals surface area contributed by atoms with Crippen molar-refractivity contribution in [3.63, 3.8) is 0 Å². The van der Waals surface area contributed by atoms with Crippen LogP contribution < -0.4 is 4.72 Å². The maximum Gasteiger partial charge on any atom is 0.418 e. The first-order chi connectivity index (χ1) is 16.4. The van der Waals surface area contributed by atoms with Crippen LogP contribution in [-0.4, -0.2) is 25.3 Å². The van der Waals surface area contributed by atoms with Gasteiger partial charge in [0.1, 0.15) is 16.6 Å². The molecule has 2 aromatic heterocycles. The molecule has 36 heavy (non-hydrogen) atoms. The van der Waals surface area contributed by atoms with Crippen LogP contribution in [0.3, 0.4) is 0 Å². The molecular formula is C25H29F6N3OS. The van der Waals surface area contributed by atoms with Crippen LogP contribution in [0.2, 0.25) is 0 Å². The number of nitrogens with one attached hydrogen (secondary N) is 1. The molecule has 0 bridgehead atoms. The van der Waals surface area contributed by atoms with Gasteiger partial charge in [0, 0.05) is 46.1 Å². The fourth-order valence-corrected chi connectivity index (χ4v) is 4.60. The van der Waals surface area contributed by atoms with E-state index in [4.69, 9.17) is 0 Å². The van der Waals surface area contributed by atoms with E-state index in [2.05, 4.69) is 9.71 Å². The highest BCUT2D eigenvalue weighted by Gasteiger charge is 2.37. The average molecular weight is 534 g/mol. The number of rotatable bonds is 6. The normalized spacial score (nSPS) is 15.1. The minimum atomic E-state index is -4.85. The minimum Gasteiger partial charge on any atom is -0.598 e. The summed E-state index contributed by atoms with van der Waals surface area (Å²) in [4.78, 5) is 3.69. The lowest BCUT2D eigenvalue weighted by Crippen LogP contribution is -2.43. The fourth-order valence-electron chi connectivity index (χ4n) is 3.79. The summed E-state index contributed by atoms with van der Waals surface area (Å²) in [6, 6.07) is 3.02. The second-order valence-corrected chi connectivity index (χ2v) is 12.9. The lowest BCUT2D eigenvalue weighted by atomic mass is 9.97. The standard InChI is InChI=1S/C25H29F6N3OS/c1-23(2,3)13-34-12-17(21(22(27)28)33-36(35)24(4,5)6)16-8-7-14(9-19(16)34)20-18(25(29,30)31)10-15(26)11-32-20/h7-12,21-22,33H,13H2,1-6H3/t21?,36-/m0/s1. The predicted molar refractivity (Wildman–Crippen MR) is 129 cm³/mol. The quantitative estimate of drug-likeness (QED) is 0.268. The van der Waals surface area contributed by atoms with Gasteiger partial charge in [0.25, 0.3) is 6.43 Å². The number of nitrogens with zero attached hydrogens (tertiary/aromatic N) is 2. The molecule has 1 unspecified atom stereocenters. The van der Waals surface area contributed by atoms with Crippen molar-refractivity contribution in [1.82, 2.24) is 14.3 Å². The summed E-state index contributed by atoms with van der Waals surface area (Å²) in [5.41, 5.74) is -1.35. The van der Waals surface area contributed by atoms with Crippen LogP contribution in [0.15, 0.2) is 36.7 Å². The summed E-state index contributed by atoms with van der Waals surface area (Å²) in [5.74, 6) is -1.12. The van der Waals surface area contributed by atoms with Crippen LogP contribution >= 0.6 is 0 Å². The van der Waals surface area contributed by atoms with Crippen molar-refractivity contribution < 1.29 is 30.9 Å². The largest absolute Gasteiger partial charge is 0.598 e. The van der Waals surface area contributed by atoms with Crippen molar-refractivity contribution in [1.29, 1.82) is 0 Å². The molecule has 0 aliphatic rings. The summed E-state index contributed by atoms with van der Waals surface area (Å²) < 4.78 is 98.9. The Bertz CT molecular complexity index is 1230. The van der Waals surface area contributed by atoms with Crippen LogP contribution in [0.5, 0.6) is 0 Å². The maximum atomic E-state index is 14.2. The summed E-state index contributed by atoms with van der Waals surface area (Å²) in [6.45, 7) is 11.1. The van der Waals surface area contributed by atoms with E-state index >= 15 is 0 Å². The summed E-state index contributed by atoms with van der Waals surface area (Å²) >= 11 is -1.80. The first-order valence-electron chi connectivity index (χ1n) is 11.2. The third-order valence-corrected chi connectivity index (χ3v) is 6.95. The van der Waals surface area contributed by atoms with Crippen LogP contribution in [0.4, 0.5) is 26.3 Å². The summed E-state index contributed by atoms with van der Waals surface area (Å²) in [5, 5.41) is 0.377. The molecule has 0 saturated carbocycles. The first-order valence-corrected chi connectivity index (χ1v) is 12.4. The SMILES string of the molecule is CC(C)(C)Cn1cc(C(N[S@@+]([O-])C(C)(C)C)C(F)F)c2ccc(-c3ncc(F)cc3C(F)(F)F)cc21. The van der Waals surface area contributed by atoms with Crippen molar-refractivity contribution in [2.24, 2.45) is 5.41 Å². The topological polar surface area (TPSA) is 52.9 Å². The third kappa shape index (κ3) is 6.36. The molecule has 3 aromatic rings. The molecule has 1 aromatic carbocycles. The molecule has 11 heteroatoms. The van der Waals surface area contributed by atoms with Crippen LogP contribution in [-0.2, 0) is 24.1 Å². The zero-order chi connectivity index (χ0) is 27.2. The zero-order valence-electron chi connectivity index (χ0n) is 20.8. The second kappa shape index (κ2) is 9.90. The number of pyridine rings is 1. The lowest BCUT2D eigenvalue weighted by Gasteiger charge is -2.27. The highest BCUT2D eigenvalue weighted by molar-refractivity contribution is 7.90. The molecular weight excluding hydrogens is 504 g/mol. The van der Waals surface area contributed by atoms with Crippen LogP contribution in [0, 0.1) is 11.2 Å². The van der Waals surface area contributed by atoms with E-state index in [0.717, 1.165) is 0 Å². The van der Waals surface area contributed by atoms with E-state index < -0.39 is 51.8 Å². The number of aromatic nitrogens is 2. The molecule has 3 rings (SSSR count). The highest BCUT2D eigenvalue weighted by atomic mass is 32.2. The molecule has 4 nitrogen and oxygen atoms in total. The second-order valence-electron chi connectivity index (χ2n) is 10.9. The van der Waals surface area contributed by atoms with Crippen molar-refractivity contribution >= 4 is 22.3 Å². The molecule has 198 valence electrons. The van der Waals surface area contributed by atoms with Gasteiger partial charge in [-0.1, -0.05) is 32.9 Å². The number of halogens is 6. The van der Waals surface area contributed by atoms with Gasteiger partial charge in [0.2, 0.25) is 0 Å². The monoisotopic (exact) mass is 533 g/mol. The van der Waals surface area contributed by atoms with Crippen molar-refractivity contribution in [3.8, 4) is 11.3 Å². The van der Waals surface area contributed by atoms with E-state index in [9.17, 15) is 30.9 Å². The molecule has 0 fully saturated rings. The molecule has 0 radical (unpaired) electrons. The molecule has 0 amide bonds. The Hall–Kier alpha value is -2.24. The smallest absolute Gasteiger partial charge is 0.418 e. The summed E-state index contributed by atoms with van der Waals surface area (Å²) in [7, 11) is 0. The van der Waals surface area contributed by atoms with E-state index in [-0.39, 0.29) is 16.5 Å². The predicted octanol–water partition coefficient (Wildman–Crippen LogP) is 7.27. The summed E-state index contributed by atoms with van der Waals surface area (Å²) in [6.07, 6.45) is -5.53. The van der Waals surface area contributed by atoms with Gasteiger partial charge in [-0.2, -0.15) is 13.2 Å². The van der Waals surface area contributed by atoms with Gasteiger partial charge >= 0.3 is 6.18 Å². The van der Waals surface area contributed by atoms with Gasteiger partial charge in [-0.15, -0.1) is 4.72 Å². The lowest BCUT2D eigenvalue weighted by molar-refractivity contribution is -0.137. The van der Waals surface area contributed by atoms with Crippen molar-refractivity contribution in [2.45, 2.75) is 71.5 Å². The van der Waals surface area contributed by atoms with Gasteiger partial charge in [-0.05, 0) is 38.3 Å². The average Bonchev–Trinajstić information content (AvgIpc) is 3.05. The Labute approximate surface area is 209 Å². The third-order valence-electron chi connectivity index (χ3n) is 5.37. The molecule has 0 aliphatic carbocycles. The van der Waals surface area contributed by atoms with E-state index in [1.807, 2.05) is 20.8 Å². The van der Waals surface area contributed by atoms with Crippen LogP contribution in [0.1, 0.15) is 58.7 Å². The van der Waals surface area contributed by atoms with Crippen molar-refractivity contribution in [2.75, 3.05) is 0 Å². The Morgan fingerprint density at radius 1 is 1.06 bits per heavy atom. The van der Waals surface area contributed by atoms with Gasteiger partial charge < -0.3 is 9.12 Å². The number of benzene rings is 1. The molecule has 2 heterocycles. The maximum absolute atomic E-state index is 14.2. The number of fused-ring (bicyclic) bond motifs is 1. The molecule has 0 spiro atoms. The van der Waals surface area contributed by atoms with Crippen LogP contribution in [0.25, 0.3) is 22.2 Å². The highest BCUT2D eigenvalue weighted by Crippen LogP contribution is 2.39. The zero-order valence-corrected chi connectivity index (χ0v) is 21.6. The van der Waals surface area contributed by atoms with Gasteiger partial charge in [-0.3, -0.25) is 4.98 Å². The number of alkyl halides is 5. The first kappa shape index (κ1) is 28.3. The van der Waals surface area contributed by atoms with E-state index in [0.29, 0.717) is 29.7 Å². The van der Waals surface area contributed by atoms with Gasteiger partial charge in [0.15, 0.2) is 0 Å². The van der Waals surface area contributed by atoms with E-state index in [1.165, 1.54) is 24.4 Å². The number of hydrogen-bond acceptors (Lipinski definition) is 3. The Morgan fingerprint density at radius 2 is 1.69 bits per heavy atom. The van der Waals surface area contributed by atoms with Crippen molar-refractivity contribution in [3.05, 3.63) is 53.6 Å². The van der Waals surface area contributed by atoms with Gasteiger partial charge in [-0.25, -0.2) is 13.2 Å². The number of hydrogen-bond donors (Lipinski definition) is 1. The molecule has 2 atom stereocenters. The fraction of sp³-hybridized carbons (Fsp3) is 0.480. The van der Waals surface area contributed by atoms with E-state index in [1.54, 1.807) is 25.3 Å². The molecule has 0 saturated heterocycles. The minimum absolute atomic E-state index is 0.0643. The Morgan fingerprint density at radius 3 is 2.22 bits per heavy atom. The molecule has 1 N–H and O–H groups in total. The van der Waals surface area contributed by atoms with Gasteiger partial charge in [0.05, 0.1) is 17.5 Å². The Balaban J connectivity index is 2.23. The Kier molecular flexibility index (Phi) is 7.80.